The lowest BCUT2D eigenvalue weighted by Crippen LogP contribution is -2.31. The molecule has 1 amide bonds. The Hall–Kier alpha value is -2.63. The van der Waals surface area contributed by atoms with Gasteiger partial charge in [-0.1, -0.05) is 36.4 Å². The Bertz CT molecular complexity index is 678. The first-order valence-electron chi connectivity index (χ1n) is 7.65. The fraction of sp³-hybridized carbons (Fsp3) is 0.278. The van der Waals surface area contributed by atoms with Crippen LogP contribution in [0.2, 0.25) is 0 Å². The number of nitrogens with one attached hydrogen (secondary N) is 2. The van der Waals surface area contributed by atoms with Crippen LogP contribution in [-0.4, -0.2) is 25.6 Å². The molecule has 0 saturated carbocycles. The zero-order valence-corrected chi connectivity index (χ0v) is 13.4. The summed E-state index contributed by atoms with van der Waals surface area (Å²) in [5.74, 6) is -0.198. The van der Waals surface area contributed by atoms with E-state index in [1.165, 1.54) is 17.2 Å². The van der Waals surface area contributed by atoms with Crippen LogP contribution in [0.4, 0.5) is 14.5 Å². The van der Waals surface area contributed by atoms with Crippen LogP contribution in [0.25, 0.3) is 0 Å². The van der Waals surface area contributed by atoms with Gasteiger partial charge in [0, 0.05) is 6.54 Å². The van der Waals surface area contributed by atoms with Crippen LogP contribution in [0.1, 0.15) is 11.1 Å². The van der Waals surface area contributed by atoms with E-state index in [0.717, 1.165) is 6.42 Å². The molecular formula is C18H20F2N2O2. The summed E-state index contributed by atoms with van der Waals surface area (Å²) in [5.41, 5.74) is 2.72. The van der Waals surface area contributed by atoms with Gasteiger partial charge >= 0.3 is 6.61 Å². The number of benzene rings is 2. The highest BCUT2D eigenvalue weighted by Gasteiger charge is 2.10. The number of halogens is 2. The molecule has 0 aliphatic carbocycles. The number of ether oxygens (including phenoxy) is 1. The Morgan fingerprint density at radius 1 is 1.12 bits per heavy atom. The van der Waals surface area contributed by atoms with Crippen molar-refractivity contribution in [1.29, 1.82) is 0 Å². The molecule has 0 saturated heterocycles. The Kier molecular flexibility index (Phi) is 6.54. The molecule has 24 heavy (non-hydrogen) atoms. The summed E-state index contributed by atoms with van der Waals surface area (Å²) in [6.07, 6.45) is 0.740. The van der Waals surface area contributed by atoms with E-state index in [4.69, 9.17) is 0 Å². The molecule has 0 atom stereocenters. The Balaban J connectivity index is 1.78. The zero-order chi connectivity index (χ0) is 17.4. The SMILES string of the molecule is Cc1ccccc1CCNC(=O)CNc1ccccc1OC(F)F. The number of alkyl halides is 2. The molecule has 0 aliphatic rings. The molecule has 0 bridgehead atoms. The van der Waals surface area contributed by atoms with Gasteiger partial charge in [0.2, 0.25) is 5.91 Å². The second-order valence-corrected chi connectivity index (χ2v) is 5.25. The van der Waals surface area contributed by atoms with Gasteiger partial charge in [-0.15, -0.1) is 0 Å². The van der Waals surface area contributed by atoms with Crippen LogP contribution in [0.3, 0.4) is 0 Å². The molecule has 2 N–H and O–H groups in total. The average Bonchev–Trinajstić information content (AvgIpc) is 2.55. The monoisotopic (exact) mass is 334 g/mol. The first-order valence-corrected chi connectivity index (χ1v) is 7.65. The van der Waals surface area contributed by atoms with Crippen molar-refractivity contribution in [3.63, 3.8) is 0 Å². The number of amides is 1. The molecule has 0 aliphatic heterocycles. The molecule has 0 spiro atoms. The molecule has 128 valence electrons. The summed E-state index contributed by atoms with van der Waals surface area (Å²) in [6, 6.07) is 14.3. The summed E-state index contributed by atoms with van der Waals surface area (Å²) >= 11 is 0. The van der Waals surface area contributed by atoms with E-state index >= 15 is 0 Å². The standard InChI is InChI=1S/C18H20F2N2O2/c1-13-6-2-3-7-14(13)10-11-21-17(23)12-22-15-8-4-5-9-16(15)24-18(19)20/h2-9,18,22H,10-12H2,1H3,(H,21,23). The first kappa shape index (κ1) is 17.7. The van der Waals surface area contributed by atoms with Gasteiger partial charge < -0.3 is 15.4 Å². The molecule has 6 heteroatoms. The molecule has 2 aromatic rings. The van der Waals surface area contributed by atoms with Crippen LogP contribution in [0, 0.1) is 6.92 Å². The van der Waals surface area contributed by atoms with Crippen molar-refractivity contribution in [3.05, 3.63) is 59.7 Å². The van der Waals surface area contributed by atoms with Crippen molar-refractivity contribution in [2.24, 2.45) is 0 Å². The van der Waals surface area contributed by atoms with E-state index in [1.807, 2.05) is 31.2 Å². The molecule has 4 nitrogen and oxygen atoms in total. The molecular weight excluding hydrogens is 314 g/mol. The predicted octanol–water partition coefficient (Wildman–Crippen LogP) is 3.37. The maximum absolute atomic E-state index is 12.3. The third kappa shape index (κ3) is 5.53. The van der Waals surface area contributed by atoms with Crippen molar-refractivity contribution >= 4 is 11.6 Å². The molecule has 0 heterocycles. The van der Waals surface area contributed by atoms with Gasteiger partial charge in [-0.3, -0.25) is 4.79 Å². The van der Waals surface area contributed by atoms with Gasteiger partial charge in [-0.05, 0) is 36.6 Å². The minimum atomic E-state index is -2.91. The summed E-state index contributed by atoms with van der Waals surface area (Å²) < 4.78 is 29.1. The summed E-state index contributed by atoms with van der Waals surface area (Å²) in [5, 5.41) is 5.61. The van der Waals surface area contributed by atoms with E-state index in [0.29, 0.717) is 12.2 Å². The third-order valence-electron chi connectivity index (χ3n) is 3.52. The maximum Gasteiger partial charge on any atom is 0.387 e. The maximum atomic E-state index is 12.3. The molecule has 0 radical (unpaired) electrons. The van der Waals surface area contributed by atoms with Crippen LogP contribution < -0.4 is 15.4 Å². The van der Waals surface area contributed by atoms with Gasteiger partial charge in [-0.2, -0.15) is 8.78 Å². The molecule has 0 fully saturated rings. The highest BCUT2D eigenvalue weighted by Crippen LogP contribution is 2.25. The van der Waals surface area contributed by atoms with Crippen molar-refractivity contribution < 1.29 is 18.3 Å². The van der Waals surface area contributed by atoms with E-state index in [-0.39, 0.29) is 18.2 Å². The highest BCUT2D eigenvalue weighted by molar-refractivity contribution is 5.81. The van der Waals surface area contributed by atoms with Crippen LogP contribution in [0.15, 0.2) is 48.5 Å². The van der Waals surface area contributed by atoms with E-state index in [2.05, 4.69) is 15.4 Å². The van der Waals surface area contributed by atoms with Gasteiger partial charge in [0.25, 0.3) is 0 Å². The number of para-hydroxylation sites is 2. The highest BCUT2D eigenvalue weighted by atomic mass is 19.3. The minimum absolute atomic E-state index is 0.0141. The number of hydrogen-bond donors (Lipinski definition) is 2. The van der Waals surface area contributed by atoms with Gasteiger partial charge in [0.15, 0.2) is 0 Å². The number of carbonyl (C=O) groups is 1. The lowest BCUT2D eigenvalue weighted by atomic mass is 10.1. The summed E-state index contributed by atoms with van der Waals surface area (Å²) in [7, 11) is 0. The van der Waals surface area contributed by atoms with Crippen LogP contribution in [0.5, 0.6) is 5.75 Å². The average molecular weight is 334 g/mol. The minimum Gasteiger partial charge on any atom is -0.433 e. The predicted molar refractivity (Wildman–Crippen MR) is 89.5 cm³/mol. The van der Waals surface area contributed by atoms with E-state index in [1.54, 1.807) is 18.2 Å². The Labute approximate surface area is 139 Å². The van der Waals surface area contributed by atoms with Gasteiger partial charge in [-0.25, -0.2) is 0 Å². The summed E-state index contributed by atoms with van der Waals surface area (Å²) in [4.78, 5) is 11.9. The van der Waals surface area contributed by atoms with Crippen molar-refractivity contribution in [3.8, 4) is 5.75 Å². The van der Waals surface area contributed by atoms with E-state index < -0.39 is 6.61 Å². The second kappa shape index (κ2) is 8.86. The summed E-state index contributed by atoms with van der Waals surface area (Å²) in [6.45, 7) is -0.382. The number of hydrogen-bond acceptors (Lipinski definition) is 3. The zero-order valence-electron chi connectivity index (χ0n) is 13.4. The lowest BCUT2D eigenvalue weighted by Gasteiger charge is -2.12. The largest absolute Gasteiger partial charge is 0.433 e. The topological polar surface area (TPSA) is 50.4 Å². The molecule has 2 aromatic carbocycles. The number of carbonyl (C=O) groups excluding carboxylic acids is 1. The molecule has 0 unspecified atom stereocenters. The fourth-order valence-electron chi connectivity index (χ4n) is 2.28. The molecule has 0 aromatic heterocycles. The Morgan fingerprint density at radius 2 is 1.83 bits per heavy atom. The quantitative estimate of drug-likeness (QED) is 0.778. The van der Waals surface area contributed by atoms with Crippen LogP contribution >= 0.6 is 0 Å². The van der Waals surface area contributed by atoms with Gasteiger partial charge in [0.05, 0.1) is 12.2 Å². The molecule has 2 rings (SSSR count). The van der Waals surface area contributed by atoms with Crippen molar-refractivity contribution in [2.75, 3.05) is 18.4 Å². The van der Waals surface area contributed by atoms with Crippen LogP contribution in [-0.2, 0) is 11.2 Å². The second-order valence-electron chi connectivity index (χ2n) is 5.25. The van der Waals surface area contributed by atoms with Crippen molar-refractivity contribution in [2.45, 2.75) is 20.0 Å². The van der Waals surface area contributed by atoms with E-state index in [9.17, 15) is 13.6 Å². The fourth-order valence-corrected chi connectivity index (χ4v) is 2.28. The van der Waals surface area contributed by atoms with Gasteiger partial charge in [0.1, 0.15) is 5.75 Å². The number of aryl methyl sites for hydroxylation is 1. The third-order valence-corrected chi connectivity index (χ3v) is 3.52. The van der Waals surface area contributed by atoms with Crippen molar-refractivity contribution in [1.82, 2.24) is 5.32 Å². The number of rotatable bonds is 8. The first-order chi connectivity index (χ1) is 11.6. The normalized spacial score (nSPS) is 10.5. The Morgan fingerprint density at radius 3 is 2.58 bits per heavy atom. The number of anilines is 1. The smallest absolute Gasteiger partial charge is 0.387 e. The lowest BCUT2D eigenvalue weighted by molar-refractivity contribution is -0.119.